The van der Waals surface area contributed by atoms with E-state index in [2.05, 4.69) is 5.10 Å². The van der Waals surface area contributed by atoms with Crippen LogP contribution in [0, 0.1) is 5.82 Å². The van der Waals surface area contributed by atoms with Gasteiger partial charge in [0.05, 0.1) is 12.1 Å². The standard InChI is InChI=1S/C11H9FN2O3/c12-8-1-3-9(4-2-8)14-6-7(5-10(15)16)11(17)13-14/h1-4,6H,5H2,(H,13,17)(H,15,16). The van der Waals surface area contributed by atoms with Crippen molar-refractivity contribution in [3.8, 4) is 5.69 Å². The van der Waals surface area contributed by atoms with Crippen molar-refractivity contribution in [1.82, 2.24) is 9.78 Å². The number of aromatic nitrogens is 2. The van der Waals surface area contributed by atoms with Crippen LogP contribution in [0.5, 0.6) is 0 Å². The van der Waals surface area contributed by atoms with E-state index in [0.29, 0.717) is 5.69 Å². The lowest BCUT2D eigenvalue weighted by molar-refractivity contribution is -0.136. The molecule has 0 spiro atoms. The molecule has 0 unspecified atom stereocenters. The number of aromatic amines is 1. The Morgan fingerprint density at radius 2 is 2.00 bits per heavy atom. The summed E-state index contributed by atoms with van der Waals surface area (Å²) in [7, 11) is 0. The third-order valence-corrected chi connectivity index (χ3v) is 2.25. The van der Waals surface area contributed by atoms with Gasteiger partial charge in [0, 0.05) is 11.8 Å². The molecule has 5 nitrogen and oxygen atoms in total. The lowest BCUT2D eigenvalue weighted by Crippen LogP contribution is -2.11. The number of hydrogen-bond donors (Lipinski definition) is 2. The van der Waals surface area contributed by atoms with Crippen LogP contribution in [0.1, 0.15) is 5.56 Å². The molecule has 0 aliphatic carbocycles. The Bertz CT molecular complexity index is 598. The minimum atomic E-state index is -1.08. The fraction of sp³-hybridized carbons (Fsp3) is 0.0909. The highest BCUT2D eigenvalue weighted by Gasteiger charge is 2.09. The van der Waals surface area contributed by atoms with Crippen LogP contribution in [-0.2, 0) is 11.2 Å². The van der Waals surface area contributed by atoms with Crippen LogP contribution in [0.2, 0.25) is 0 Å². The summed E-state index contributed by atoms with van der Waals surface area (Å²) < 4.78 is 14.1. The zero-order valence-electron chi connectivity index (χ0n) is 8.68. The number of hydrogen-bond acceptors (Lipinski definition) is 2. The number of halogens is 1. The third kappa shape index (κ3) is 2.41. The van der Waals surface area contributed by atoms with Crippen molar-refractivity contribution in [2.45, 2.75) is 6.42 Å². The molecule has 0 radical (unpaired) electrons. The molecule has 2 aromatic rings. The lowest BCUT2D eigenvalue weighted by Gasteiger charge is -2.00. The maximum absolute atomic E-state index is 12.7. The van der Waals surface area contributed by atoms with E-state index in [1.54, 1.807) is 0 Å². The molecule has 0 atom stereocenters. The summed E-state index contributed by atoms with van der Waals surface area (Å²) in [6.45, 7) is 0. The van der Waals surface area contributed by atoms with Crippen LogP contribution in [0.15, 0.2) is 35.3 Å². The van der Waals surface area contributed by atoms with Gasteiger partial charge in [-0.3, -0.25) is 19.4 Å². The molecule has 0 aliphatic heterocycles. The zero-order chi connectivity index (χ0) is 12.4. The summed E-state index contributed by atoms with van der Waals surface area (Å²) in [6, 6.07) is 5.47. The highest BCUT2D eigenvalue weighted by atomic mass is 19.1. The molecule has 1 heterocycles. The van der Waals surface area contributed by atoms with E-state index < -0.39 is 11.5 Å². The van der Waals surface area contributed by atoms with Gasteiger partial charge in [-0.05, 0) is 24.3 Å². The summed E-state index contributed by atoms with van der Waals surface area (Å²) in [4.78, 5) is 21.9. The van der Waals surface area contributed by atoms with E-state index in [0.717, 1.165) is 0 Å². The van der Waals surface area contributed by atoms with Gasteiger partial charge in [-0.25, -0.2) is 4.39 Å². The maximum atomic E-state index is 12.7. The van der Waals surface area contributed by atoms with Crippen LogP contribution in [-0.4, -0.2) is 20.9 Å². The number of H-pyrrole nitrogens is 1. The minimum absolute atomic E-state index is 0.154. The SMILES string of the molecule is O=C(O)Cc1cn(-c2ccc(F)cc2)[nH]c1=O. The fourth-order valence-electron chi connectivity index (χ4n) is 1.46. The predicted octanol–water partition coefficient (Wildman–Crippen LogP) is 0.932. The average molecular weight is 236 g/mol. The second-order valence-corrected chi connectivity index (χ2v) is 3.51. The molecule has 2 rings (SSSR count). The molecule has 0 saturated heterocycles. The molecule has 1 aromatic heterocycles. The number of carboxylic acids is 1. The Morgan fingerprint density at radius 1 is 1.35 bits per heavy atom. The van der Waals surface area contributed by atoms with Gasteiger partial charge in [0.25, 0.3) is 5.56 Å². The van der Waals surface area contributed by atoms with E-state index in [1.165, 1.54) is 35.1 Å². The Labute approximate surface area is 95.1 Å². The summed E-state index contributed by atoms with van der Waals surface area (Å²) in [5, 5.41) is 11.1. The molecule has 17 heavy (non-hydrogen) atoms. The minimum Gasteiger partial charge on any atom is -0.481 e. The van der Waals surface area contributed by atoms with Gasteiger partial charge in [-0.15, -0.1) is 0 Å². The van der Waals surface area contributed by atoms with Crippen molar-refractivity contribution in [3.63, 3.8) is 0 Å². The van der Waals surface area contributed by atoms with Crippen LogP contribution in [0.3, 0.4) is 0 Å². The highest BCUT2D eigenvalue weighted by molar-refractivity contribution is 5.69. The number of rotatable bonds is 3. The van der Waals surface area contributed by atoms with Gasteiger partial charge in [0.1, 0.15) is 5.82 Å². The van der Waals surface area contributed by atoms with Gasteiger partial charge in [-0.2, -0.15) is 0 Å². The second-order valence-electron chi connectivity index (χ2n) is 3.51. The van der Waals surface area contributed by atoms with Crippen molar-refractivity contribution in [3.05, 3.63) is 52.2 Å². The van der Waals surface area contributed by atoms with E-state index in [-0.39, 0.29) is 17.8 Å². The van der Waals surface area contributed by atoms with Crippen LogP contribution >= 0.6 is 0 Å². The van der Waals surface area contributed by atoms with Gasteiger partial charge < -0.3 is 5.11 Å². The molecule has 0 fully saturated rings. The molecule has 0 aliphatic rings. The molecule has 0 saturated carbocycles. The van der Waals surface area contributed by atoms with E-state index in [9.17, 15) is 14.0 Å². The Kier molecular flexibility index (Phi) is 2.78. The second kappa shape index (κ2) is 4.25. The van der Waals surface area contributed by atoms with Crippen molar-refractivity contribution < 1.29 is 14.3 Å². The number of aliphatic carboxylic acids is 1. The number of nitrogens with one attached hydrogen (secondary N) is 1. The van der Waals surface area contributed by atoms with Crippen LogP contribution in [0.4, 0.5) is 4.39 Å². The molecule has 2 N–H and O–H groups in total. The van der Waals surface area contributed by atoms with Gasteiger partial charge >= 0.3 is 5.97 Å². The topological polar surface area (TPSA) is 75.1 Å². The number of carbonyl (C=O) groups is 1. The molecule has 6 heteroatoms. The molecule has 0 bridgehead atoms. The Hall–Kier alpha value is -2.37. The summed E-state index contributed by atoms with van der Waals surface area (Å²) in [5.74, 6) is -1.46. The summed E-state index contributed by atoms with van der Waals surface area (Å²) in [5.41, 5.74) is 0.249. The van der Waals surface area contributed by atoms with Crippen molar-refractivity contribution in [2.24, 2.45) is 0 Å². The number of nitrogens with zero attached hydrogens (tertiary/aromatic N) is 1. The molecular formula is C11H9FN2O3. The van der Waals surface area contributed by atoms with Crippen molar-refractivity contribution in [1.29, 1.82) is 0 Å². The largest absolute Gasteiger partial charge is 0.481 e. The first-order valence-electron chi connectivity index (χ1n) is 4.84. The summed E-state index contributed by atoms with van der Waals surface area (Å²) in [6.07, 6.45) is 1.05. The Balaban J connectivity index is 2.37. The molecule has 0 amide bonds. The molecular weight excluding hydrogens is 227 g/mol. The predicted molar refractivity (Wildman–Crippen MR) is 57.7 cm³/mol. The molecule has 1 aromatic carbocycles. The summed E-state index contributed by atoms with van der Waals surface area (Å²) >= 11 is 0. The quantitative estimate of drug-likeness (QED) is 0.832. The monoisotopic (exact) mass is 236 g/mol. The normalized spacial score (nSPS) is 10.4. The smallest absolute Gasteiger partial charge is 0.308 e. The Morgan fingerprint density at radius 3 is 2.59 bits per heavy atom. The van der Waals surface area contributed by atoms with E-state index in [4.69, 9.17) is 5.11 Å². The lowest BCUT2D eigenvalue weighted by atomic mass is 10.2. The van der Waals surface area contributed by atoms with E-state index >= 15 is 0 Å². The van der Waals surface area contributed by atoms with Gasteiger partial charge in [-0.1, -0.05) is 0 Å². The fourth-order valence-corrected chi connectivity index (χ4v) is 1.46. The van der Waals surface area contributed by atoms with Crippen molar-refractivity contribution >= 4 is 5.97 Å². The number of carboxylic acid groups (broad SMARTS) is 1. The first kappa shape index (κ1) is 11.1. The first-order chi connectivity index (χ1) is 8.06. The number of benzene rings is 1. The van der Waals surface area contributed by atoms with Gasteiger partial charge in [0.2, 0.25) is 0 Å². The third-order valence-electron chi connectivity index (χ3n) is 2.25. The van der Waals surface area contributed by atoms with E-state index in [1.807, 2.05) is 0 Å². The zero-order valence-corrected chi connectivity index (χ0v) is 8.68. The molecule has 88 valence electrons. The maximum Gasteiger partial charge on any atom is 0.308 e. The van der Waals surface area contributed by atoms with Gasteiger partial charge in [0.15, 0.2) is 0 Å². The van der Waals surface area contributed by atoms with Crippen LogP contribution < -0.4 is 5.56 Å². The highest BCUT2D eigenvalue weighted by Crippen LogP contribution is 2.07. The van der Waals surface area contributed by atoms with Crippen molar-refractivity contribution in [2.75, 3.05) is 0 Å². The van der Waals surface area contributed by atoms with Crippen LogP contribution in [0.25, 0.3) is 5.69 Å². The first-order valence-corrected chi connectivity index (χ1v) is 4.84. The average Bonchev–Trinajstić information content (AvgIpc) is 2.60.